The lowest BCUT2D eigenvalue weighted by Crippen LogP contribution is -2.31. The average Bonchev–Trinajstić information content (AvgIpc) is 3.24. The molecule has 1 saturated carbocycles. The molecule has 116 valence electrons. The third-order valence-electron chi connectivity index (χ3n) is 3.42. The van der Waals surface area contributed by atoms with Crippen molar-refractivity contribution in [1.29, 1.82) is 0 Å². The van der Waals surface area contributed by atoms with Crippen LogP contribution in [0.25, 0.3) is 5.69 Å². The van der Waals surface area contributed by atoms with Crippen LogP contribution in [0.3, 0.4) is 0 Å². The van der Waals surface area contributed by atoms with Gasteiger partial charge in [-0.05, 0) is 31.9 Å². The molecule has 1 amide bonds. The topological polar surface area (TPSA) is 80.0 Å². The Labute approximate surface area is 133 Å². The SMILES string of the molecule is CC(O)CNC(=O)c1nc(C2CC2)n(-c2ccccc2Cl)n1. The van der Waals surface area contributed by atoms with E-state index in [2.05, 4.69) is 15.4 Å². The number of para-hydroxylation sites is 1. The Kier molecular flexibility index (Phi) is 4.13. The van der Waals surface area contributed by atoms with Gasteiger partial charge in [-0.25, -0.2) is 9.67 Å². The third kappa shape index (κ3) is 3.13. The zero-order valence-electron chi connectivity index (χ0n) is 12.2. The molecule has 22 heavy (non-hydrogen) atoms. The van der Waals surface area contributed by atoms with E-state index in [4.69, 9.17) is 11.6 Å². The molecule has 0 saturated heterocycles. The predicted octanol–water partition coefficient (Wildman–Crippen LogP) is 1.91. The Hall–Kier alpha value is -1.92. The molecule has 1 aromatic carbocycles. The quantitative estimate of drug-likeness (QED) is 0.882. The first-order valence-electron chi connectivity index (χ1n) is 7.24. The van der Waals surface area contributed by atoms with E-state index < -0.39 is 12.0 Å². The Morgan fingerprint density at radius 3 is 2.86 bits per heavy atom. The van der Waals surface area contributed by atoms with Gasteiger partial charge in [-0.15, -0.1) is 5.10 Å². The number of aromatic nitrogens is 3. The Morgan fingerprint density at radius 2 is 2.23 bits per heavy atom. The molecule has 1 atom stereocenters. The van der Waals surface area contributed by atoms with E-state index in [1.165, 1.54) is 0 Å². The molecule has 0 bridgehead atoms. The molecule has 1 aliphatic carbocycles. The van der Waals surface area contributed by atoms with Crippen LogP contribution in [0, 0.1) is 0 Å². The fraction of sp³-hybridized carbons (Fsp3) is 0.400. The minimum atomic E-state index is -0.613. The first kappa shape index (κ1) is 15.0. The summed E-state index contributed by atoms with van der Waals surface area (Å²) < 4.78 is 1.65. The largest absolute Gasteiger partial charge is 0.392 e. The number of carbonyl (C=O) groups excluding carboxylic acids is 1. The van der Waals surface area contributed by atoms with E-state index in [0.717, 1.165) is 18.7 Å². The molecular formula is C15H17ClN4O2. The van der Waals surface area contributed by atoms with Crippen LogP contribution in [0.15, 0.2) is 24.3 Å². The van der Waals surface area contributed by atoms with Gasteiger partial charge >= 0.3 is 0 Å². The standard InChI is InChI=1S/C15H17ClN4O2/c1-9(21)8-17-15(22)13-18-14(10-6-7-10)20(19-13)12-5-3-2-4-11(12)16/h2-5,9-10,21H,6-8H2,1H3,(H,17,22). The second-order valence-corrected chi connectivity index (χ2v) is 5.90. The van der Waals surface area contributed by atoms with Gasteiger partial charge in [0.2, 0.25) is 5.82 Å². The van der Waals surface area contributed by atoms with E-state index in [1.54, 1.807) is 17.7 Å². The summed E-state index contributed by atoms with van der Waals surface area (Å²) in [6, 6.07) is 7.34. The number of aliphatic hydroxyl groups excluding tert-OH is 1. The molecule has 1 aromatic heterocycles. The molecule has 6 nitrogen and oxygen atoms in total. The van der Waals surface area contributed by atoms with Crippen LogP contribution < -0.4 is 5.32 Å². The number of nitrogens with zero attached hydrogens (tertiary/aromatic N) is 3. The molecule has 0 aliphatic heterocycles. The molecule has 1 aliphatic rings. The second kappa shape index (κ2) is 6.06. The predicted molar refractivity (Wildman–Crippen MR) is 82.4 cm³/mol. The maximum atomic E-state index is 12.1. The van der Waals surface area contributed by atoms with E-state index >= 15 is 0 Å². The second-order valence-electron chi connectivity index (χ2n) is 5.49. The molecule has 0 spiro atoms. The summed E-state index contributed by atoms with van der Waals surface area (Å²) in [6.45, 7) is 1.77. The number of halogens is 1. The van der Waals surface area contributed by atoms with Crippen molar-refractivity contribution >= 4 is 17.5 Å². The number of carbonyl (C=O) groups is 1. The summed E-state index contributed by atoms with van der Waals surface area (Å²) in [6.07, 6.45) is 1.47. The molecule has 1 heterocycles. The van der Waals surface area contributed by atoms with Crippen molar-refractivity contribution in [3.8, 4) is 5.69 Å². The van der Waals surface area contributed by atoms with Gasteiger partial charge < -0.3 is 10.4 Å². The van der Waals surface area contributed by atoms with Crippen molar-refractivity contribution in [2.45, 2.75) is 31.8 Å². The van der Waals surface area contributed by atoms with Crippen LogP contribution in [0.4, 0.5) is 0 Å². The Morgan fingerprint density at radius 1 is 1.50 bits per heavy atom. The van der Waals surface area contributed by atoms with Crippen molar-refractivity contribution in [3.05, 3.63) is 40.9 Å². The van der Waals surface area contributed by atoms with E-state index in [0.29, 0.717) is 16.6 Å². The summed E-state index contributed by atoms with van der Waals surface area (Å²) in [7, 11) is 0. The van der Waals surface area contributed by atoms with Crippen LogP contribution >= 0.6 is 11.6 Å². The normalized spacial score (nSPS) is 15.6. The molecule has 3 rings (SSSR count). The maximum absolute atomic E-state index is 12.1. The van der Waals surface area contributed by atoms with Gasteiger partial charge in [0.1, 0.15) is 5.82 Å². The number of rotatable bonds is 5. The lowest BCUT2D eigenvalue weighted by atomic mass is 10.3. The molecule has 7 heteroatoms. The lowest BCUT2D eigenvalue weighted by molar-refractivity contribution is 0.0913. The summed E-state index contributed by atoms with van der Waals surface area (Å²) in [4.78, 5) is 16.4. The summed E-state index contributed by atoms with van der Waals surface area (Å²) in [5.41, 5.74) is 0.716. The number of benzene rings is 1. The lowest BCUT2D eigenvalue weighted by Gasteiger charge is -2.06. The summed E-state index contributed by atoms with van der Waals surface area (Å²) in [5, 5.41) is 16.7. The highest BCUT2D eigenvalue weighted by Crippen LogP contribution is 2.40. The number of aliphatic hydroxyl groups is 1. The minimum absolute atomic E-state index is 0.0995. The van der Waals surface area contributed by atoms with E-state index in [9.17, 15) is 9.90 Å². The van der Waals surface area contributed by atoms with Crippen molar-refractivity contribution in [1.82, 2.24) is 20.1 Å². The number of hydrogen-bond acceptors (Lipinski definition) is 4. The van der Waals surface area contributed by atoms with Gasteiger partial charge in [0, 0.05) is 12.5 Å². The highest BCUT2D eigenvalue weighted by Gasteiger charge is 2.32. The first-order chi connectivity index (χ1) is 10.6. The molecular weight excluding hydrogens is 304 g/mol. The van der Waals surface area contributed by atoms with Gasteiger partial charge in [-0.2, -0.15) is 0 Å². The summed E-state index contributed by atoms with van der Waals surface area (Å²) in [5.74, 6) is 0.786. The van der Waals surface area contributed by atoms with Crippen molar-refractivity contribution in [2.24, 2.45) is 0 Å². The first-order valence-corrected chi connectivity index (χ1v) is 7.62. The van der Waals surface area contributed by atoms with Crippen LogP contribution in [0.1, 0.15) is 42.1 Å². The van der Waals surface area contributed by atoms with Crippen molar-refractivity contribution in [2.75, 3.05) is 6.54 Å². The number of hydrogen-bond donors (Lipinski definition) is 2. The van der Waals surface area contributed by atoms with Crippen LogP contribution in [0.5, 0.6) is 0 Å². The highest BCUT2D eigenvalue weighted by molar-refractivity contribution is 6.32. The number of nitrogens with one attached hydrogen (secondary N) is 1. The third-order valence-corrected chi connectivity index (χ3v) is 3.74. The number of amides is 1. The Balaban J connectivity index is 1.93. The van der Waals surface area contributed by atoms with Crippen molar-refractivity contribution < 1.29 is 9.90 Å². The average molecular weight is 321 g/mol. The fourth-order valence-corrected chi connectivity index (χ4v) is 2.36. The van der Waals surface area contributed by atoms with Crippen LogP contribution in [0.2, 0.25) is 5.02 Å². The molecule has 1 unspecified atom stereocenters. The molecule has 2 N–H and O–H groups in total. The van der Waals surface area contributed by atoms with Gasteiger partial charge in [0.25, 0.3) is 5.91 Å². The van der Waals surface area contributed by atoms with E-state index in [1.807, 2.05) is 18.2 Å². The van der Waals surface area contributed by atoms with Gasteiger partial charge in [-0.3, -0.25) is 4.79 Å². The zero-order valence-corrected chi connectivity index (χ0v) is 12.9. The van der Waals surface area contributed by atoms with Crippen LogP contribution in [-0.2, 0) is 0 Å². The van der Waals surface area contributed by atoms with Crippen molar-refractivity contribution in [3.63, 3.8) is 0 Å². The molecule has 2 aromatic rings. The monoisotopic (exact) mass is 320 g/mol. The van der Waals surface area contributed by atoms with Gasteiger partial charge in [-0.1, -0.05) is 23.7 Å². The van der Waals surface area contributed by atoms with E-state index in [-0.39, 0.29) is 12.4 Å². The fourth-order valence-electron chi connectivity index (χ4n) is 2.15. The highest BCUT2D eigenvalue weighted by atomic mass is 35.5. The smallest absolute Gasteiger partial charge is 0.291 e. The van der Waals surface area contributed by atoms with Crippen LogP contribution in [-0.4, -0.2) is 38.4 Å². The van der Waals surface area contributed by atoms with Gasteiger partial charge in [0.15, 0.2) is 0 Å². The minimum Gasteiger partial charge on any atom is -0.392 e. The molecule has 0 radical (unpaired) electrons. The maximum Gasteiger partial charge on any atom is 0.291 e. The van der Waals surface area contributed by atoms with Gasteiger partial charge in [0.05, 0.1) is 16.8 Å². The summed E-state index contributed by atoms with van der Waals surface area (Å²) >= 11 is 6.23. The molecule has 1 fully saturated rings. The Bertz CT molecular complexity index is 695. The zero-order chi connectivity index (χ0) is 15.7.